The molecule has 10 nitrogen and oxygen atoms in total. The minimum Gasteiger partial charge on any atom is -0.307 e. The summed E-state index contributed by atoms with van der Waals surface area (Å²) < 4.78 is 84.0. The molecule has 3 aromatic heterocycles. The lowest BCUT2D eigenvalue weighted by atomic mass is 10.0. The van der Waals surface area contributed by atoms with E-state index >= 15 is 0 Å². The van der Waals surface area contributed by atoms with Gasteiger partial charge in [-0.3, -0.25) is 24.2 Å². The predicted molar refractivity (Wildman–Crippen MR) is 150 cm³/mol. The van der Waals surface area contributed by atoms with Crippen LogP contribution in [0.25, 0.3) is 11.3 Å². The van der Waals surface area contributed by atoms with Crippen molar-refractivity contribution in [3.8, 4) is 11.3 Å². The summed E-state index contributed by atoms with van der Waals surface area (Å²) in [4.78, 5) is 44.1. The van der Waals surface area contributed by atoms with E-state index in [4.69, 9.17) is 11.6 Å². The van der Waals surface area contributed by atoms with Gasteiger partial charge in [0.05, 0.1) is 47.0 Å². The molecular weight excluding hydrogens is 630 g/mol. The van der Waals surface area contributed by atoms with E-state index in [1.165, 1.54) is 41.4 Å². The SMILES string of the molecule is C[C@@H](c1cnc(N2CCCC2=O)nc1)n1cc(N(C)C(=O)c2nc(-c3c(C(F)F)ccc(Cl)c3F)cnc2CC(F)(F)F)cn1. The van der Waals surface area contributed by atoms with Crippen LogP contribution < -0.4 is 9.80 Å². The predicted octanol–water partition coefficient (Wildman–Crippen LogP) is 5.98. The van der Waals surface area contributed by atoms with Gasteiger partial charge in [0.15, 0.2) is 11.5 Å². The second-order valence-corrected chi connectivity index (χ2v) is 10.6. The van der Waals surface area contributed by atoms with Crippen LogP contribution in [0.1, 0.15) is 59.5 Å². The van der Waals surface area contributed by atoms with Crippen molar-refractivity contribution in [1.82, 2.24) is 29.7 Å². The average Bonchev–Trinajstić information content (AvgIpc) is 3.66. The number of rotatable bonds is 8. The summed E-state index contributed by atoms with van der Waals surface area (Å²) in [7, 11) is 1.25. The molecule has 0 N–H and O–H groups in total. The second-order valence-electron chi connectivity index (χ2n) is 10.2. The average molecular weight is 653 g/mol. The number of carbonyl (C=O) groups excluding carboxylic acids is 2. The zero-order valence-electron chi connectivity index (χ0n) is 23.6. The lowest BCUT2D eigenvalue weighted by molar-refractivity contribution is -0.128. The number of amides is 2. The number of benzene rings is 1. The molecule has 1 atom stereocenters. The Bertz CT molecular complexity index is 1750. The summed E-state index contributed by atoms with van der Waals surface area (Å²) in [6.07, 6.45) is -2.07. The maximum Gasteiger partial charge on any atom is 0.394 e. The molecule has 0 spiro atoms. The maximum absolute atomic E-state index is 14.9. The molecule has 0 aliphatic carbocycles. The van der Waals surface area contributed by atoms with Gasteiger partial charge in [0.25, 0.3) is 12.3 Å². The van der Waals surface area contributed by atoms with Crippen molar-refractivity contribution in [3.05, 3.63) is 76.5 Å². The molecule has 236 valence electrons. The van der Waals surface area contributed by atoms with Gasteiger partial charge in [-0.1, -0.05) is 17.7 Å². The molecule has 17 heteroatoms. The van der Waals surface area contributed by atoms with Gasteiger partial charge >= 0.3 is 6.18 Å². The topological polar surface area (TPSA) is 110 Å². The monoisotopic (exact) mass is 652 g/mol. The zero-order valence-corrected chi connectivity index (χ0v) is 24.3. The lowest BCUT2D eigenvalue weighted by Crippen LogP contribution is -2.30. The fourth-order valence-electron chi connectivity index (χ4n) is 4.72. The molecule has 0 bridgehead atoms. The molecule has 4 aromatic rings. The van der Waals surface area contributed by atoms with E-state index in [0.717, 1.165) is 17.0 Å². The number of nitrogens with zero attached hydrogens (tertiary/aromatic N) is 8. The standard InChI is InChI=1S/C28H23ClF6N8O2/c1-14(15-9-37-27(38-10-15)42-7-3-4-21(42)44)43-13-16(11-39-43)41(2)26(45)24-19(8-28(33,34)35)36-12-20(40-24)22-17(25(31)32)5-6-18(29)23(22)30/h5-6,9-14,25H,3-4,7-8H2,1-2H3/t14-/m0/s1. The highest BCUT2D eigenvalue weighted by Gasteiger charge is 2.34. The smallest absolute Gasteiger partial charge is 0.307 e. The quantitative estimate of drug-likeness (QED) is 0.216. The molecule has 2 amide bonds. The highest BCUT2D eigenvalue weighted by Crippen LogP contribution is 2.36. The molecule has 5 rings (SSSR count). The Morgan fingerprint density at radius 1 is 1.11 bits per heavy atom. The van der Waals surface area contributed by atoms with E-state index in [9.17, 15) is 35.9 Å². The lowest BCUT2D eigenvalue weighted by Gasteiger charge is -2.19. The van der Waals surface area contributed by atoms with Crippen molar-refractivity contribution >= 4 is 35.1 Å². The Kier molecular flexibility index (Phi) is 8.78. The van der Waals surface area contributed by atoms with Crippen molar-refractivity contribution in [2.24, 2.45) is 0 Å². The third-order valence-electron chi connectivity index (χ3n) is 7.17. The highest BCUT2D eigenvalue weighted by atomic mass is 35.5. The third kappa shape index (κ3) is 6.60. The minimum atomic E-state index is -4.81. The normalized spacial score (nSPS) is 14.4. The summed E-state index contributed by atoms with van der Waals surface area (Å²) in [6.45, 7) is 2.28. The molecule has 1 aromatic carbocycles. The van der Waals surface area contributed by atoms with Crippen LogP contribution in [0, 0.1) is 5.82 Å². The minimum absolute atomic E-state index is 0.0685. The molecule has 1 fully saturated rings. The Hall–Kier alpha value is -4.60. The number of anilines is 2. The molecule has 4 heterocycles. The number of halogens is 7. The van der Waals surface area contributed by atoms with Crippen molar-refractivity contribution in [2.45, 2.75) is 44.8 Å². The Balaban J connectivity index is 1.45. The molecular formula is C28H23ClF6N8O2. The maximum atomic E-state index is 14.9. The number of hydrogen-bond donors (Lipinski definition) is 0. The van der Waals surface area contributed by atoms with E-state index in [2.05, 4.69) is 25.0 Å². The van der Waals surface area contributed by atoms with Crippen LogP contribution in [0.3, 0.4) is 0 Å². The molecule has 0 saturated carbocycles. The fraction of sp³-hybridized carbons (Fsp3) is 0.321. The van der Waals surface area contributed by atoms with E-state index in [1.807, 2.05) is 0 Å². The van der Waals surface area contributed by atoms with Crippen LogP contribution in [-0.4, -0.2) is 61.3 Å². The molecule has 1 aliphatic rings. The van der Waals surface area contributed by atoms with Crippen LogP contribution in [0.15, 0.2) is 43.1 Å². The molecule has 1 saturated heterocycles. The van der Waals surface area contributed by atoms with Gasteiger partial charge in [-0.25, -0.2) is 28.1 Å². The van der Waals surface area contributed by atoms with Crippen molar-refractivity contribution < 1.29 is 35.9 Å². The summed E-state index contributed by atoms with van der Waals surface area (Å²) >= 11 is 5.78. The highest BCUT2D eigenvalue weighted by molar-refractivity contribution is 6.31. The first-order valence-electron chi connectivity index (χ1n) is 13.4. The molecule has 1 aliphatic heterocycles. The molecule has 45 heavy (non-hydrogen) atoms. The summed E-state index contributed by atoms with van der Waals surface area (Å²) in [5.74, 6) is -2.17. The van der Waals surface area contributed by atoms with Crippen molar-refractivity contribution in [3.63, 3.8) is 0 Å². The zero-order chi connectivity index (χ0) is 32.6. The van der Waals surface area contributed by atoms with Crippen LogP contribution in [0.5, 0.6) is 0 Å². The van der Waals surface area contributed by atoms with Crippen LogP contribution >= 0.6 is 11.6 Å². The van der Waals surface area contributed by atoms with Gasteiger partial charge in [-0.15, -0.1) is 0 Å². The van der Waals surface area contributed by atoms with Gasteiger partial charge in [0.1, 0.15) is 0 Å². The number of alkyl halides is 5. The van der Waals surface area contributed by atoms with Gasteiger partial charge in [0, 0.05) is 55.3 Å². The summed E-state index contributed by atoms with van der Waals surface area (Å²) in [5.41, 5.74) is -3.09. The fourth-order valence-corrected chi connectivity index (χ4v) is 4.88. The van der Waals surface area contributed by atoms with Crippen LogP contribution in [0.4, 0.5) is 38.0 Å². The van der Waals surface area contributed by atoms with Gasteiger partial charge in [0.2, 0.25) is 11.9 Å². The number of aromatic nitrogens is 6. The van der Waals surface area contributed by atoms with Gasteiger partial charge in [-0.2, -0.15) is 18.3 Å². The van der Waals surface area contributed by atoms with E-state index < -0.39 is 70.0 Å². The Labute approximate surface area is 256 Å². The largest absolute Gasteiger partial charge is 0.394 e. The van der Waals surface area contributed by atoms with E-state index in [-0.39, 0.29) is 17.5 Å². The van der Waals surface area contributed by atoms with Gasteiger partial charge < -0.3 is 4.90 Å². The number of carbonyl (C=O) groups is 2. The molecule has 0 unspecified atom stereocenters. The van der Waals surface area contributed by atoms with Gasteiger partial charge in [-0.05, 0) is 19.4 Å². The van der Waals surface area contributed by atoms with Crippen molar-refractivity contribution in [1.29, 1.82) is 0 Å². The first-order valence-corrected chi connectivity index (χ1v) is 13.8. The summed E-state index contributed by atoms with van der Waals surface area (Å²) in [5, 5.41) is 3.70. The third-order valence-corrected chi connectivity index (χ3v) is 7.46. The van der Waals surface area contributed by atoms with Crippen molar-refractivity contribution in [2.75, 3.05) is 23.4 Å². The first-order chi connectivity index (χ1) is 21.2. The van der Waals surface area contributed by atoms with E-state index in [0.29, 0.717) is 31.1 Å². The Morgan fingerprint density at radius 2 is 1.82 bits per heavy atom. The van der Waals surface area contributed by atoms with Crippen LogP contribution in [-0.2, 0) is 11.2 Å². The number of hydrogen-bond acceptors (Lipinski definition) is 7. The van der Waals surface area contributed by atoms with Crippen LogP contribution in [0.2, 0.25) is 5.02 Å². The first kappa shape index (κ1) is 31.8. The Morgan fingerprint density at radius 3 is 2.44 bits per heavy atom. The van der Waals surface area contributed by atoms with E-state index in [1.54, 1.807) is 6.92 Å². The second kappa shape index (κ2) is 12.4. The molecule has 0 radical (unpaired) electrons. The summed E-state index contributed by atoms with van der Waals surface area (Å²) in [6, 6.07) is 1.29.